The van der Waals surface area contributed by atoms with Crippen LogP contribution in [0.25, 0.3) is 75.1 Å². The summed E-state index contributed by atoms with van der Waals surface area (Å²) >= 11 is 1.87. The van der Waals surface area contributed by atoms with Crippen LogP contribution in [0.1, 0.15) is 25.0 Å². The van der Waals surface area contributed by atoms with Gasteiger partial charge in [0.1, 0.15) is 0 Å². The summed E-state index contributed by atoms with van der Waals surface area (Å²) < 4.78 is 2.59. The molecule has 0 atom stereocenters. The fourth-order valence-corrected chi connectivity index (χ4v) is 10.3. The molecule has 9 aromatic carbocycles. The van der Waals surface area contributed by atoms with Crippen LogP contribution in [-0.2, 0) is 5.41 Å². The second-order valence-electron chi connectivity index (χ2n) is 15.3. The summed E-state index contributed by atoms with van der Waals surface area (Å²) in [5, 5.41) is 7.63. The van der Waals surface area contributed by atoms with Gasteiger partial charge in [-0.25, -0.2) is 0 Å². The highest BCUT2D eigenvalue weighted by molar-refractivity contribution is 7.26. The lowest BCUT2D eigenvalue weighted by molar-refractivity contribution is 0.660. The number of hydrogen-bond acceptors (Lipinski definition) is 2. The monoisotopic (exact) mass is 719 g/mol. The largest absolute Gasteiger partial charge is 0.309 e. The van der Waals surface area contributed by atoms with Gasteiger partial charge in [0.15, 0.2) is 0 Å². The van der Waals surface area contributed by atoms with Crippen LogP contribution >= 0.6 is 11.3 Å². The second-order valence-corrected chi connectivity index (χ2v) is 16.4. The van der Waals surface area contributed by atoms with Gasteiger partial charge in [-0.3, -0.25) is 0 Å². The van der Waals surface area contributed by atoms with Crippen LogP contribution in [-0.4, -0.2) is 0 Å². The molecule has 0 fully saturated rings. The Balaban J connectivity index is 1.24. The van der Waals surface area contributed by atoms with Gasteiger partial charge in [0, 0.05) is 36.8 Å². The highest BCUT2D eigenvalue weighted by Gasteiger charge is 2.36. The SMILES string of the molecule is CC1(C)c2ccccc2-c2ccc(N(c3cc(-c4cc5ccccc5c5ccccc45)ccc3-c3ccccc3)c3cccc4sc5ccccc5c34)cc21. The molecule has 1 heterocycles. The van der Waals surface area contributed by atoms with Crippen LogP contribution in [0, 0.1) is 0 Å². The van der Waals surface area contributed by atoms with E-state index in [-0.39, 0.29) is 5.41 Å². The van der Waals surface area contributed by atoms with Gasteiger partial charge in [0.2, 0.25) is 0 Å². The van der Waals surface area contributed by atoms with Gasteiger partial charge in [-0.05, 0) is 103 Å². The third kappa shape index (κ3) is 4.92. The molecule has 0 unspecified atom stereocenters. The van der Waals surface area contributed by atoms with Crippen LogP contribution in [0.3, 0.4) is 0 Å². The minimum absolute atomic E-state index is 0.136. The predicted molar refractivity (Wildman–Crippen MR) is 237 cm³/mol. The van der Waals surface area contributed by atoms with Gasteiger partial charge in [-0.2, -0.15) is 0 Å². The molecular formula is C53H37NS. The zero-order valence-electron chi connectivity index (χ0n) is 30.8. The first-order valence-corrected chi connectivity index (χ1v) is 19.9. The van der Waals surface area contributed by atoms with Crippen molar-refractivity contribution >= 4 is 70.1 Å². The van der Waals surface area contributed by atoms with Crippen LogP contribution in [0.4, 0.5) is 17.1 Å². The van der Waals surface area contributed by atoms with Gasteiger partial charge in [-0.15, -0.1) is 11.3 Å². The maximum Gasteiger partial charge on any atom is 0.0555 e. The quantitative estimate of drug-likeness (QED) is 0.160. The first-order valence-electron chi connectivity index (χ1n) is 19.1. The lowest BCUT2D eigenvalue weighted by atomic mass is 9.82. The summed E-state index contributed by atoms with van der Waals surface area (Å²) in [4.78, 5) is 2.55. The van der Waals surface area contributed by atoms with E-state index in [9.17, 15) is 0 Å². The van der Waals surface area contributed by atoms with E-state index in [1.54, 1.807) is 0 Å². The lowest BCUT2D eigenvalue weighted by Crippen LogP contribution is -2.17. The molecule has 0 aliphatic heterocycles. The molecule has 55 heavy (non-hydrogen) atoms. The van der Waals surface area contributed by atoms with Crippen molar-refractivity contribution in [3.8, 4) is 33.4 Å². The van der Waals surface area contributed by atoms with E-state index < -0.39 is 0 Å². The molecular weight excluding hydrogens is 683 g/mol. The number of thiophene rings is 1. The van der Waals surface area contributed by atoms with Crippen molar-refractivity contribution in [3.05, 3.63) is 199 Å². The van der Waals surface area contributed by atoms with Crippen molar-refractivity contribution in [1.29, 1.82) is 0 Å². The van der Waals surface area contributed by atoms with Gasteiger partial charge in [0.25, 0.3) is 0 Å². The number of nitrogens with zero attached hydrogens (tertiary/aromatic N) is 1. The van der Waals surface area contributed by atoms with E-state index in [2.05, 4.69) is 207 Å². The highest BCUT2D eigenvalue weighted by atomic mass is 32.1. The number of benzene rings is 9. The predicted octanol–water partition coefficient (Wildman–Crippen LogP) is 15.5. The summed E-state index contributed by atoms with van der Waals surface area (Å²) in [7, 11) is 0. The fraction of sp³-hybridized carbons (Fsp3) is 0.0566. The molecule has 260 valence electrons. The first-order chi connectivity index (χ1) is 27.0. The zero-order valence-corrected chi connectivity index (χ0v) is 31.6. The standard InChI is InChI=1S/C53H37NS/c1-53(2)46-23-12-10-21-42(46)43-30-28-37(33-47(43)53)54(48-24-14-26-51-52(48)44-22-11-13-25-50(44)55-51)49-32-36(27-29-39(49)34-15-4-3-5-16-34)45-31-35-17-6-7-18-38(35)40-19-8-9-20-41(40)45/h3-33H,1-2H3. The zero-order chi connectivity index (χ0) is 36.7. The van der Waals surface area contributed by atoms with Crippen molar-refractivity contribution in [1.82, 2.24) is 0 Å². The Morgan fingerprint density at radius 3 is 1.95 bits per heavy atom. The highest BCUT2D eigenvalue weighted by Crippen LogP contribution is 2.53. The van der Waals surface area contributed by atoms with E-state index in [4.69, 9.17) is 0 Å². The molecule has 1 aromatic heterocycles. The Bertz CT molecular complexity index is 3130. The molecule has 0 spiro atoms. The van der Waals surface area contributed by atoms with Crippen LogP contribution in [0.15, 0.2) is 188 Å². The molecule has 0 saturated carbocycles. The van der Waals surface area contributed by atoms with Crippen molar-refractivity contribution in [3.63, 3.8) is 0 Å². The maximum absolute atomic E-state index is 2.55. The van der Waals surface area contributed by atoms with Crippen LogP contribution in [0.5, 0.6) is 0 Å². The Morgan fingerprint density at radius 2 is 1.07 bits per heavy atom. The van der Waals surface area contributed by atoms with Crippen molar-refractivity contribution < 1.29 is 0 Å². The number of fused-ring (bicyclic) bond motifs is 9. The summed E-state index contributed by atoms with van der Waals surface area (Å²) in [5.41, 5.74) is 13.6. The molecule has 1 aliphatic carbocycles. The van der Waals surface area contributed by atoms with Gasteiger partial charge in [-0.1, -0.05) is 159 Å². The number of anilines is 3. The Morgan fingerprint density at radius 1 is 0.400 bits per heavy atom. The molecule has 0 amide bonds. The fourth-order valence-electron chi connectivity index (χ4n) is 9.22. The summed E-state index contributed by atoms with van der Waals surface area (Å²) in [5.74, 6) is 0. The smallest absolute Gasteiger partial charge is 0.0555 e. The average Bonchev–Trinajstić information content (AvgIpc) is 3.73. The molecule has 0 radical (unpaired) electrons. The molecule has 1 nitrogen and oxygen atoms in total. The van der Waals surface area contributed by atoms with Crippen molar-refractivity contribution in [2.75, 3.05) is 4.90 Å². The topological polar surface area (TPSA) is 3.24 Å². The minimum Gasteiger partial charge on any atom is -0.309 e. The summed E-state index contributed by atoms with van der Waals surface area (Å²) in [6, 6.07) is 69.8. The van der Waals surface area contributed by atoms with Crippen LogP contribution < -0.4 is 4.90 Å². The maximum atomic E-state index is 2.55. The third-order valence-electron chi connectivity index (χ3n) is 11.8. The average molecular weight is 720 g/mol. The summed E-state index contributed by atoms with van der Waals surface area (Å²) in [6.07, 6.45) is 0. The van der Waals surface area contributed by atoms with E-state index in [0.29, 0.717) is 0 Å². The molecule has 11 rings (SSSR count). The van der Waals surface area contributed by atoms with Gasteiger partial charge in [0.05, 0.1) is 11.4 Å². The first kappa shape index (κ1) is 32.0. The van der Waals surface area contributed by atoms with E-state index in [1.165, 1.54) is 91.9 Å². The molecule has 10 aromatic rings. The molecule has 1 aliphatic rings. The molecule has 0 saturated heterocycles. The Labute approximate surface area is 325 Å². The number of rotatable bonds is 5. The van der Waals surface area contributed by atoms with Crippen molar-refractivity contribution in [2.24, 2.45) is 0 Å². The van der Waals surface area contributed by atoms with E-state index in [1.807, 2.05) is 11.3 Å². The molecule has 0 N–H and O–H groups in total. The Kier molecular flexibility index (Phi) is 7.14. The van der Waals surface area contributed by atoms with Crippen LogP contribution in [0.2, 0.25) is 0 Å². The van der Waals surface area contributed by atoms with E-state index in [0.717, 1.165) is 11.4 Å². The Hall–Kier alpha value is -6.48. The van der Waals surface area contributed by atoms with Crippen molar-refractivity contribution in [2.45, 2.75) is 19.3 Å². The third-order valence-corrected chi connectivity index (χ3v) is 13.0. The lowest BCUT2D eigenvalue weighted by Gasteiger charge is -2.31. The summed E-state index contributed by atoms with van der Waals surface area (Å²) in [6.45, 7) is 4.75. The minimum atomic E-state index is -0.136. The van der Waals surface area contributed by atoms with Gasteiger partial charge < -0.3 is 4.90 Å². The number of hydrogen-bond donors (Lipinski definition) is 0. The second kappa shape index (κ2) is 12.3. The molecule has 0 bridgehead atoms. The van der Waals surface area contributed by atoms with E-state index >= 15 is 0 Å². The van der Waals surface area contributed by atoms with Gasteiger partial charge >= 0.3 is 0 Å². The molecule has 2 heteroatoms. The normalized spacial score (nSPS) is 13.1.